The second-order valence-electron chi connectivity index (χ2n) is 12.2. The zero-order chi connectivity index (χ0) is 38.6. The highest BCUT2D eigenvalue weighted by Gasteiger charge is 2.44. The number of hydrogen-bond acceptors (Lipinski definition) is 12. The van der Waals surface area contributed by atoms with Crippen LogP contribution in [-0.4, -0.2) is 112 Å². The summed E-state index contributed by atoms with van der Waals surface area (Å²) in [6, 6.07) is 8.17. The zero-order valence-corrected chi connectivity index (χ0v) is 28.9. The van der Waals surface area contributed by atoms with E-state index >= 15 is 4.39 Å². The number of hydrogen-bond donors (Lipinski definition) is 1. The predicted octanol–water partition coefficient (Wildman–Crippen LogP) is 4.76. The van der Waals surface area contributed by atoms with Crippen molar-refractivity contribution in [3.8, 4) is 23.1 Å². The molecule has 54 heavy (non-hydrogen) atoms. The highest BCUT2D eigenvalue weighted by molar-refractivity contribution is 6.34. The molecule has 2 saturated heterocycles. The number of carbonyl (C=O) groups excluding carboxylic acids is 3. The van der Waals surface area contributed by atoms with Gasteiger partial charge in [0, 0.05) is 62.9 Å². The number of likely N-dealkylation sites (tertiary alicyclic amines) is 1. The highest BCUT2D eigenvalue weighted by atomic mass is 35.5. The molecule has 4 aromatic rings. The summed E-state index contributed by atoms with van der Waals surface area (Å²) in [6.07, 6.45) is -0.0000786. The zero-order valence-electron chi connectivity index (χ0n) is 28.1. The van der Waals surface area contributed by atoms with Crippen LogP contribution in [0.25, 0.3) is 16.9 Å². The van der Waals surface area contributed by atoms with E-state index in [4.69, 9.17) is 21.6 Å². The van der Waals surface area contributed by atoms with Crippen LogP contribution in [0.1, 0.15) is 23.2 Å². The molecule has 1 N–H and O–H groups in total. The van der Waals surface area contributed by atoms with Gasteiger partial charge in [-0.3, -0.25) is 19.0 Å². The van der Waals surface area contributed by atoms with Gasteiger partial charge in [-0.05, 0) is 49.7 Å². The third-order valence-electron chi connectivity index (χ3n) is 8.93. The maximum atomic E-state index is 15.0. The lowest BCUT2D eigenvalue weighted by Crippen LogP contribution is -2.51. The van der Waals surface area contributed by atoms with E-state index < -0.39 is 48.1 Å². The second kappa shape index (κ2) is 16.2. The van der Waals surface area contributed by atoms with Crippen LogP contribution in [0.2, 0.25) is 5.02 Å². The molecule has 1 unspecified atom stereocenters. The lowest BCUT2D eigenvalue weighted by molar-refractivity contribution is -0.287. The quantitative estimate of drug-likeness (QED) is 0.134. The minimum atomic E-state index is -5.28. The van der Waals surface area contributed by atoms with E-state index in [1.165, 1.54) is 35.1 Å². The summed E-state index contributed by atoms with van der Waals surface area (Å²) in [6.45, 7) is 2.82. The minimum Gasteiger partial charge on any atom is -0.476 e. The van der Waals surface area contributed by atoms with Crippen LogP contribution in [-0.2, 0) is 19.4 Å². The molecule has 4 heterocycles. The van der Waals surface area contributed by atoms with Gasteiger partial charge in [0.1, 0.15) is 12.1 Å². The lowest BCUT2D eigenvalue weighted by atomic mass is 10.1. The number of anilines is 2. The Kier molecular flexibility index (Phi) is 11.4. The maximum absolute atomic E-state index is 15.0. The van der Waals surface area contributed by atoms with Gasteiger partial charge in [0.15, 0.2) is 29.6 Å². The molecule has 0 bridgehead atoms. The van der Waals surface area contributed by atoms with Crippen molar-refractivity contribution in [2.75, 3.05) is 57.7 Å². The SMILES string of the molecule is N#CCOc1ccc(-c2cnc3c(Nc4ccc(C(=O)N5CCN(CCN6CCCC6C(=O)OOC(=O)C(F)(F)F)CC5)c(Cl)c4)nccn23)c(F)c1F. The third-order valence-corrected chi connectivity index (χ3v) is 9.25. The molecule has 1 amide bonds. The van der Waals surface area contributed by atoms with E-state index in [0.29, 0.717) is 64.3 Å². The summed E-state index contributed by atoms with van der Waals surface area (Å²) in [5, 5.41) is 11.9. The molecule has 14 nitrogen and oxygen atoms in total. The molecular formula is C34H30ClF5N8O6. The highest BCUT2D eigenvalue weighted by Crippen LogP contribution is 2.32. The van der Waals surface area contributed by atoms with Crippen LogP contribution >= 0.6 is 11.6 Å². The van der Waals surface area contributed by atoms with Crippen LogP contribution in [0.4, 0.5) is 33.5 Å². The number of halogens is 6. The number of ether oxygens (including phenoxy) is 1. The van der Waals surface area contributed by atoms with E-state index in [0.717, 1.165) is 0 Å². The Balaban J connectivity index is 1.03. The van der Waals surface area contributed by atoms with Gasteiger partial charge in [-0.25, -0.2) is 33.7 Å². The van der Waals surface area contributed by atoms with Crippen molar-refractivity contribution in [1.82, 2.24) is 29.1 Å². The van der Waals surface area contributed by atoms with Crippen molar-refractivity contribution < 1.29 is 50.8 Å². The summed E-state index contributed by atoms with van der Waals surface area (Å²) in [5.41, 5.74) is 1.18. The molecule has 2 aromatic carbocycles. The minimum absolute atomic E-state index is 0.0911. The van der Waals surface area contributed by atoms with Crippen LogP contribution < -0.4 is 10.1 Å². The van der Waals surface area contributed by atoms with Gasteiger partial charge >= 0.3 is 18.1 Å². The number of amides is 1. The Morgan fingerprint density at radius 1 is 1.00 bits per heavy atom. The molecule has 2 fully saturated rings. The van der Waals surface area contributed by atoms with Crippen molar-refractivity contribution in [1.29, 1.82) is 5.26 Å². The van der Waals surface area contributed by atoms with Crippen LogP contribution in [0.3, 0.4) is 0 Å². The molecule has 0 aliphatic carbocycles. The maximum Gasteiger partial charge on any atom is 0.495 e. The lowest BCUT2D eigenvalue weighted by Gasteiger charge is -2.36. The van der Waals surface area contributed by atoms with E-state index in [2.05, 4.69) is 30.0 Å². The molecule has 2 aliphatic heterocycles. The smallest absolute Gasteiger partial charge is 0.476 e. The number of fused-ring (bicyclic) bond motifs is 1. The summed E-state index contributed by atoms with van der Waals surface area (Å²) >= 11 is 6.57. The Labute approximate surface area is 308 Å². The van der Waals surface area contributed by atoms with Crippen LogP contribution in [0.15, 0.2) is 48.9 Å². The monoisotopic (exact) mass is 776 g/mol. The Bertz CT molecular complexity index is 2100. The number of aromatic nitrogens is 3. The number of benzene rings is 2. The van der Waals surface area contributed by atoms with E-state index in [1.807, 2.05) is 0 Å². The van der Waals surface area contributed by atoms with Gasteiger partial charge < -0.3 is 15.0 Å². The second-order valence-corrected chi connectivity index (χ2v) is 12.6. The number of rotatable bonds is 10. The van der Waals surface area contributed by atoms with Crippen molar-refractivity contribution in [3.05, 3.63) is 71.1 Å². The molecule has 6 rings (SSSR count). The first-order chi connectivity index (χ1) is 25.8. The first kappa shape index (κ1) is 38.2. The largest absolute Gasteiger partial charge is 0.495 e. The number of alkyl halides is 3. The Hall–Kier alpha value is -5.58. The number of nitriles is 1. The summed E-state index contributed by atoms with van der Waals surface area (Å²) in [7, 11) is 0. The summed E-state index contributed by atoms with van der Waals surface area (Å²) < 4.78 is 73.2. The molecule has 284 valence electrons. The van der Waals surface area contributed by atoms with Crippen molar-refractivity contribution in [2.24, 2.45) is 0 Å². The Morgan fingerprint density at radius 2 is 1.78 bits per heavy atom. The van der Waals surface area contributed by atoms with Crippen molar-refractivity contribution in [2.45, 2.75) is 25.1 Å². The van der Waals surface area contributed by atoms with Gasteiger partial charge in [-0.1, -0.05) is 11.6 Å². The number of nitrogens with zero attached hydrogens (tertiary/aromatic N) is 7. The third kappa shape index (κ3) is 8.30. The van der Waals surface area contributed by atoms with E-state index in [1.54, 1.807) is 34.1 Å². The fourth-order valence-electron chi connectivity index (χ4n) is 6.22. The van der Waals surface area contributed by atoms with Crippen LogP contribution in [0.5, 0.6) is 5.75 Å². The summed E-state index contributed by atoms with van der Waals surface area (Å²) in [5.74, 6) is -6.50. The first-order valence-electron chi connectivity index (χ1n) is 16.5. The van der Waals surface area contributed by atoms with Crippen molar-refractivity contribution >= 4 is 46.6 Å². The molecular weight excluding hydrogens is 747 g/mol. The van der Waals surface area contributed by atoms with E-state index in [-0.39, 0.29) is 39.2 Å². The van der Waals surface area contributed by atoms with Gasteiger partial charge in [-0.2, -0.15) is 22.8 Å². The standard InChI is InChI=1S/C34H30ClF5N8O6/c35-23-18-20(44-29-30-43-19-25(48(30)10-8-42-29)22-5-6-26(52-17-7-41)28(37)27(22)36)3-4-21(23)31(49)47-15-12-45(13-16-47)11-14-46-9-1-2-24(46)32(50)53-54-33(51)34(38,39)40/h3-6,8,10,18-19,24H,1-2,9,11-17H2,(H,42,44). The number of nitrogens with one attached hydrogen (secondary N) is 1. The molecule has 1 atom stereocenters. The molecule has 2 aliphatic rings. The van der Waals surface area contributed by atoms with E-state index in [9.17, 15) is 31.9 Å². The fraction of sp³-hybridized carbons (Fsp3) is 0.353. The first-order valence-corrected chi connectivity index (χ1v) is 16.9. The van der Waals surface area contributed by atoms with Gasteiger partial charge in [-0.15, -0.1) is 0 Å². The summed E-state index contributed by atoms with van der Waals surface area (Å²) in [4.78, 5) is 58.5. The van der Waals surface area contributed by atoms with Gasteiger partial charge in [0.05, 0.1) is 22.5 Å². The number of imidazole rings is 1. The number of carbonyl (C=O) groups is 3. The average molecular weight is 777 g/mol. The fourth-order valence-corrected chi connectivity index (χ4v) is 6.48. The van der Waals surface area contributed by atoms with Crippen molar-refractivity contribution in [3.63, 3.8) is 0 Å². The average Bonchev–Trinajstić information content (AvgIpc) is 3.81. The predicted molar refractivity (Wildman–Crippen MR) is 179 cm³/mol. The topological polar surface area (TPSA) is 155 Å². The normalized spacial score (nSPS) is 16.6. The van der Waals surface area contributed by atoms with Crippen LogP contribution in [0, 0.1) is 23.0 Å². The molecule has 20 heteroatoms. The number of piperazine rings is 1. The molecule has 0 saturated carbocycles. The molecule has 2 aromatic heterocycles. The van der Waals surface area contributed by atoms with Gasteiger partial charge in [0.25, 0.3) is 5.91 Å². The Morgan fingerprint density at radius 3 is 2.50 bits per heavy atom. The molecule has 0 spiro atoms. The molecule has 0 radical (unpaired) electrons. The van der Waals surface area contributed by atoms with Gasteiger partial charge in [0.2, 0.25) is 5.82 Å².